The maximum atomic E-state index is 12.7. The van der Waals surface area contributed by atoms with E-state index in [1.54, 1.807) is 0 Å². The van der Waals surface area contributed by atoms with Crippen molar-refractivity contribution in [1.82, 2.24) is 14.8 Å². The van der Waals surface area contributed by atoms with Crippen molar-refractivity contribution >= 4 is 5.91 Å². The van der Waals surface area contributed by atoms with E-state index in [0.29, 0.717) is 12.5 Å². The van der Waals surface area contributed by atoms with E-state index in [0.717, 1.165) is 50.5 Å². The number of hydrogen-bond donors (Lipinski definition) is 0. The van der Waals surface area contributed by atoms with Crippen molar-refractivity contribution in [2.75, 3.05) is 32.8 Å². The zero-order valence-corrected chi connectivity index (χ0v) is 16.3. The Morgan fingerprint density at radius 3 is 2.33 bits per heavy atom. The molecule has 5 nitrogen and oxygen atoms in total. The van der Waals surface area contributed by atoms with Crippen molar-refractivity contribution in [1.29, 1.82) is 0 Å². The van der Waals surface area contributed by atoms with Crippen LogP contribution >= 0.6 is 0 Å². The fraction of sp³-hybridized carbons (Fsp3) is 0.455. The Bertz CT molecular complexity index is 708. The molecular weight excluding hydrogens is 338 g/mol. The van der Waals surface area contributed by atoms with E-state index >= 15 is 0 Å². The van der Waals surface area contributed by atoms with Gasteiger partial charge in [0.2, 0.25) is 0 Å². The number of piperazine rings is 1. The highest BCUT2D eigenvalue weighted by Gasteiger charge is 2.22. The first-order chi connectivity index (χ1) is 13.1. The van der Waals surface area contributed by atoms with Crippen LogP contribution < -0.4 is 4.74 Å². The maximum Gasteiger partial charge on any atom is 0.253 e. The summed E-state index contributed by atoms with van der Waals surface area (Å²) in [6.07, 6.45) is 4.68. The van der Waals surface area contributed by atoms with Gasteiger partial charge in [0.1, 0.15) is 5.75 Å². The highest BCUT2D eigenvalue weighted by atomic mass is 16.5. The summed E-state index contributed by atoms with van der Waals surface area (Å²) in [4.78, 5) is 21.1. The molecule has 0 bridgehead atoms. The van der Waals surface area contributed by atoms with E-state index in [-0.39, 0.29) is 5.91 Å². The molecule has 2 aromatic rings. The number of rotatable bonds is 7. The highest BCUT2D eigenvalue weighted by molar-refractivity contribution is 5.94. The predicted octanol–water partition coefficient (Wildman–Crippen LogP) is 3.46. The molecule has 0 aliphatic carbocycles. The Morgan fingerprint density at radius 2 is 1.70 bits per heavy atom. The molecule has 144 valence electrons. The van der Waals surface area contributed by atoms with Gasteiger partial charge in [0.25, 0.3) is 5.91 Å². The minimum absolute atomic E-state index is 0.104. The monoisotopic (exact) mass is 367 g/mol. The van der Waals surface area contributed by atoms with Crippen LogP contribution in [0, 0.1) is 5.92 Å². The van der Waals surface area contributed by atoms with E-state index < -0.39 is 0 Å². The topological polar surface area (TPSA) is 45.7 Å². The van der Waals surface area contributed by atoms with Gasteiger partial charge in [-0.3, -0.25) is 14.7 Å². The highest BCUT2D eigenvalue weighted by Crippen LogP contribution is 2.16. The van der Waals surface area contributed by atoms with Gasteiger partial charge in [0, 0.05) is 50.7 Å². The second-order valence-corrected chi connectivity index (χ2v) is 7.48. The molecule has 5 heteroatoms. The van der Waals surface area contributed by atoms with Crippen LogP contribution in [0.25, 0.3) is 0 Å². The number of nitrogens with zero attached hydrogens (tertiary/aromatic N) is 3. The van der Waals surface area contributed by atoms with Crippen LogP contribution in [0.15, 0.2) is 48.8 Å². The molecule has 0 saturated carbocycles. The molecule has 1 amide bonds. The first-order valence-electron chi connectivity index (χ1n) is 9.75. The third-order valence-corrected chi connectivity index (χ3v) is 4.88. The number of carbonyl (C=O) groups is 1. The van der Waals surface area contributed by atoms with Gasteiger partial charge in [-0.1, -0.05) is 13.8 Å². The van der Waals surface area contributed by atoms with E-state index in [1.807, 2.05) is 53.7 Å². The lowest BCUT2D eigenvalue weighted by molar-refractivity contribution is 0.0628. The number of ether oxygens (including phenoxy) is 1. The van der Waals surface area contributed by atoms with Crippen molar-refractivity contribution in [2.45, 2.75) is 26.8 Å². The molecule has 1 aliphatic rings. The quantitative estimate of drug-likeness (QED) is 0.752. The maximum absolute atomic E-state index is 12.7. The molecule has 0 radical (unpaired) electrons. The second-order valence-electron chi connectivity index (χ2n) is 7.48. The molecule has 27 heavy (non-hydrogen) atoms. The Hall–Kier alpha value is -2.40. The van der Waals surface area contributed by atoms with Crippen molar-refractivity contribution in [2.24, 2.45) is 5.92 Å². The first kappa shape index (κ1) is 19.4. The average Bonchev–Trinajstić information content (AvgIpc) is 2.69. The minimum Gasteiger partial charge on any atom is -0.494 e. The molecule has 0 N–H and O–H groups in total. The van der Waals surface area contributed by atoms with Crippen LogP contribution in [0.1, 0.15) is 36.2 Å². The van der Waals surface area contributed by atoms with Gasteiger partial charge in [0.05, 0.1) is 6.61 Å². The largest absolute Gasteiger partial charge is 0.494 e. The fourth-order valence-corrected chi connectivity index (χ4v) is 3.14. The van der Waals surface area contributed by atoms with Gasteiger partial charge in [-0.2, -0.15) is 0 Å². The zero-order valence-electron chi connectivity index (χ0n) is 16.3. The van der Waals surface area contributed by atoms with Crippen molar-refractivity contribution in [3.05, 3.63) is 59.9 Å². The number of hydrogen-bond acceptors (Lipinski definition) is 4. The van der Waals surface area contributed by atoms with Crippen LogP contribution in [0.4, 0.5) is 0 Å². The summed E-state index contributed by atoms with van der Waals surface area (Å²) in [5.41, 5.74) is 1.99. The van der Waals surface area contributed by atoms with Gasteiger partial charge in [0.15, 0.2) is 0 Å². The zero-order chi connectivity index (χ0) is 19.1. The van der Waals surface area contributed by atoms with E-state index in [2.05, 4.69) is 23.7 Å². The van der Waals surface area contributed by atoms with Crippen LogP contribution in [0.2, 0.25) is 0 Å². The van der Waals surface area contributed by atoms with Crippen molar-refractivity contribution in [3.63, 3.8) is 0 Å². The number of pyridine rings is 1. The van der Waals surface area contributed by atoms with Crippen LogP contribution in [0.5, 0.6) is 5.75 Å². The number of benzene rings is 1. The lowest BCUT2D eigenvalue weighted by Gasteiger charge is -2.34. The molecule has 1 fully saturated rings. The summed E-state index contributed by atoms with van der Waals surface area (Å²) in [7, 11) is 0. The summed E-state index contributed by atoms with van der Waals surface area (Å²) in [6.45, 7) is 9.29. The Kier molecular flexibility index (Phi) is 6.82. The normalized spacial score (nSPS) is 15.1. The Morgan fingerprint density at radius 1 is 1.04 bits per heavy atom. The van der Waals surface area contributed by atoms with Crippen LogP contribution in [-0.4, -0.2) is 53.5 Å². The first-order valence-corrected chi connectivity index (χ1v) is 9.75. The van der Waals surface area contributed by atoms with Crippen LogP contribution in [-0.2, 0) is 6.54 Å². The fourth-order valence-electron chi connectivity index (χ4n) is 3.14. The predicted molar refractivity (Wildman–Crippen MR) is 107 cm³/mol. The molecule has 1 aromatic heterocycles. The standard InChI is InChI=1S/C22H29N3O2/c1-18(2)9-16-27-21-5-3-20(4-6-21)22(26)25-14-12-24(13-15-25)17-19-7-10-23-11-8-19/h3-8,10-11,18H,9,12-17H2,1-2H3. The number of carbonyl (C=O) groups excluding carboxylic acids is 1. The van der Waals surface area contributed by atoms with E-state index in [1.165, 1.54) is 5.56 Å². The summed E-state index contributed by atoms with van der Waals surface area (Å²) < 4.78 is 5.73. The molecule has 1 saturated heterocycles. The molecule has 0 unspecified atom stereocenters. The van der Waals surface area contributed by atoms with Crippen molar-refractivity contribution in [3.8, 4) is 5.75 Å². The molecule has 2 heterocycles. The molecular formula is C22H29N3O2. The summed E-state index contributed by atoms with van der Waals surface area (Å²) in [5.74, 6) is 1.56. The molecule has 1 aliphatic heterocycles. The molecule has 3 rings (SSSR count). The second kappa shape index (κ2) is 9.51. The Balaban J connectivity index is 1.47. The minimum atomic E-state index is 0.104. The third kappa shape index (κ3) is 5.79. The van der Waals surface area contributed by atoms with E-state index in [9.17, 15) is 4.79 Å². The number of amides is 1. The Labute approximate surface area is 162 Å². The third-order valence-electron chi connectivity index (χ3n) is 4.88. The lowest BCUT2D eigenvalue weighted by Crippen LogP contribution is -2.48. The molecule has 1 aromatic carbocycles. The summed E-state index contributed by atoms with van der Waals surface area (Å²) in [6, 6.07) is 11.6. The average molecular weight is 367 g/mol. The number of aromatic nitrogens is 1. The van der Waals surface area contributed by atoms with Crippen molar-refractivity contribution < 1.29 is 9.53 Å². The SMILES string of the molecule is CC(C)CCOc1ccc(C(=O)N2CCN(Cc3ccncc3)CC2)cc1. The van der Waals surface area contributed by atoms with Gasteiger partial charge in [-0.15, -0.1) is 0 Å². The molecule has 0 atom stereocenters. The summed E-state index contributed by atoms with van der Waals surface area (Å²) >= 11 is 0. The van der Waals surface area contributed by atoms with Crippen LogP contribution in [0.3, 0.4) is 0 Å². The van der Waals surface area contributed by atoms with Gasteiger partial charge < -0.3 is 9.64 Å². The van der Waals surface area contributed by atoms with Gasteiger partial charge in [-0.25, -0.2) is 0 Å². The summed E-state index contributed by atoms with van der Waals surface area (Å²) in [5, 5.41) is 0. The van der Waals surface area contributed by atoms with Gasteiger partial charge in [-0.05, 0) is 54.3 Å². The molecule has 0 spiro atoms. The lowest BCUT2D eigenvalue weighted by atomic mass is 10.1. The smallest absolute Gasteiger partial charge is 0.253 e. The van der Waals surface area contributed by atoms with Gasteiger partial charge >= 0.3 is 0 Å². The van der Waals surface area contributed by atoms with E-state index in [4.69, 9.17) is 4.74 Å².